The molecule has 1 aromatic carbocycles. The summed E-state index contributed by atoms with van der Waals surface area (Å²) in [6, 6.07) is 6.07. The van der Waals surface area contributed by atoms with Gasteiger partial charge in [-0.05, 0) is 12.1 Å². The molecule has 4 rings (SSSR count). The number of halogens is 3. The third-order valence-corrected chi connectivity index (χ3v) is 7.29. The van der Waals surface area contributed by atoms with Crippen LogP contribution < -0.4 is 15.4 Å². The first-order chi connectivity index (χ1) is 17.2. The summed E-state index contributed by atoms with van der Waals surface area (Å²) in [5.41, 5.74) is 7.29. The van der Waals surface area contributed by atoms with Gasteiger partial charge in [0.15, 0.2) is 11.6 Å². The number of aromatic nitrogens is 2. The maximum Gasteiger partial charge on any atom is 0.167 e. The number of nitrogens with zero attached hydrogens (tertiary/aromatic N) is 4. The Bertz CT molecular complexity index is 1390. The van der Waals surface area contributed by atoms with Crippen LogP contribution in [-0.2, 0) is 17.4 Å². The van der Waals surface area contributed by atoms with E-state index in [0.717, 1.165) is 6.07 Å². The van der Waals surface area contributed by atoms with E-state index in [0.29, 0.717) is 41.4 Å². The highest BCUT2D eigenvalue weighted by atomic mass is 35.5. The molecule has 0 saturated carbocycles. The molecule has 1 fully saturated rings. The van der Waals surface area contributed by atoms with E-state index in [4.69, 9.17) is 39.1 Å². The number of nitriles is 1. The van der Waals surface area contributed by atoms with Crippen LogP contribution in [0.4, 0.5) is 15.9 Å². The normalized spacial score (nSPS) is 14.1. The summed E-state index contributed by atoms with van der Waals surface area (Å²) in [4.78, 5) is 10.2. The summed E-state index contributed by atoms with van der Waals surface area (Å²) in [6.07, 6.45) is 5.95. The minimum atomic E-state index is -0.880. The Labute approximate surface area is 219 Å². The molecule has 0 spiro atoms. The Hall–Kier alpha value is -3.26. The number of hydrogen-bond acceptors (Lipinski definition) is 8. The lowest BCUT2D eigenvalue weighted by molar-refractivity contribution is 0.290. The minimum Gasteiger partial charge on any atom is -0.486 e. The zero-order valence-corrected chi connectivity index (χ0v) is 21.4. The van der Waals surface area contributed by atoms with E-state index in [1.807, 2.05) is 4.90 Å². The van der Waals surface area contributed by atoms with Crippen molar-refractivity contribution in [2.45, 2.75) is 6.61 Å². The van der Waals surface area contributed by atoms with Crippen LogP contribution in [0.5, 0.6) is 5.75 Å². The zero-order chi connectivity index (χ0) is 26.0. The summed E-state index contributed by atoms with van der Waals surface area (Å²) in [5, 5.41) is 18.9. The summed E-state index contributed by atoms with van der Waals surface area (Å²) < 4.78 is 31.6. The fourth-order valence-corrected chi connectivity index (χ4v) is 5.23. The number of nitrogen functional groups attached to an aromatic ring is 1. The molecule has 36 heavy (non-hydrogen) atoms. The summed E-state index contributed by atoms with van der Waals surface area (Å²) in [7, 11) is -0.880. The molecule has 8 nitrogen and oxygen atoms in total. The molecule has 0 aliphatic carbocycles. The Morgan fingerprint density at radius 2 is 2.00 bits per heavy atom. The molecule has 2 aromatic heterocycles. The fourth-order valence-electron chi connectivity index (χ4n) is 3.89. The molecule has 3 N–H and O–H groups in total. The summed E-state index contributed by atoms with van der Waals surface area (Å²) >= 11 is 12.2. The van der Waals surface area contributed by atoms with Gasteiger partial charge in [0.1, 0.15) is 18.5 Å². The number of rotatable bonds is 8. The van der Waals surface area contributed by atoms with Crippen molar-refractivity contribution in [1.82, 2.24) is 9.97 Å². The largest absolute Gasteiger partial charge is 0.486 e. The maximum absolute atomic E-state index is 14.6. The zero-order valence-electron chi connectivity index (χ0n) is 19.1. The Kier molecular flexibility index (Phi) is 7.73. The SMILES string of the molecule is CS(=O)CC1CN(c2ncc(C(=N)c3cc(OCc4c(Cl)cncc4Cl)c(F)cc3N)cc2C#N)C1. The molecule has 3 heterocycles. The molecule has 1 aliphatic heterocycles. The number of nitrogens with two attached hydrogens (primary N) is 1. The van der Waals surface area contributed by atoms with E-state index in [-0.39, 0.29) is 45.3 Å². The van der Waals surface area contributed by atoms with Gasteiger partial charge in [0.05, 0.1) is 21.3 Å². The van der Waals surface area contributed by atoms with Gasteiger partial charge in [0.25, 0.3) is 0 Å². The third-order valence-electron chi connectivity index (χ3n) is 5.70. The summed E-state index contributed by atoms with van der Waals surface area (Å²) in [5.74, 6) is 0.551. The molecule has 0 radical (unpaired) electrons. The molecular formula is C24H21Cl2FN6O2S. The fraction of sp³-hybridized carbons (Fsp3) is 0.250. The van der Waals surface area contributed by atoms with E-state index >= 15 is 0 Å². The highest BCUT2D eigenvalue weighted by Crippen LogP contribution is 2.31. The van der Waals surface area contributed by atoms with E-state index in [2.05, 4.69) is 16.0 Å². The predicted octanol–water partition coefficient (Wildman–Crippen LogP) is 4.19. The number of nitrogens with one attached hydrogen (secondary N) is 1. The smallest absolute Gasteiger partial charge is 0.167 e. The predicted molar refractivity (Wildman–Crippen MR) is 139 cm³/mol. The molecule has 1 aliphatic rings. The van der Waals surface area contributed by atoms with Crippen molar-refractivity contribution >= 4 is 51.2 Å². The van der Waals surface area contributed by atoms with Crippen molar-refractivity contribution in [3.8, 4) is 11.8 Å². The first-order valence-corrected chi connectivity index (χ1v) is 13.2. The minimum absolute atomic E-state index is 0.0329. The first kappa shape index (κ1) is 25.8. The van der Waals surface area contributed by atoms with Gasteiger partial charge in [-0.3, -0.25) is 14.6 Å². The van der Waals surface area contributed by atoms with Crippen molar-refractivity contribution < 1.29 is 13.3 Å². The van der Waals surface area contributed by atoms with Crippen molar-refractivity contribution in [2.24, 2.45) is 5.92 Å². The molecule has 1 atom stereocenters. The van der Waals surface area contributed by atoms with Crippen molar-refractivity contribution in [1.29, 1.82) is 10.7 Å². The lowest BCUT2D eigenvalue weighted by Gasteiger charge is -2.40. The van der Waals surface area contributed by atoms with Gasteiger partial charge in [-0.2, -0.15) is 5.26 Å². The average Bonchev–Trinajstić information content (AvgIpc) is 2.81. The van der Waals surface area contributed by atoms with Gasteiger partial charge >= 0.3 is 0 Å². The van der Waals surface area contributed by atoms with Crippen molar-refractivity contribution in [3.05, 3.63) is 74.9 Å². The van der Waals surface area contributed by atoms with Crippen molar-refractivity contribution in [3.63, 3.8) is 0 Å². The van der Waals surface area contributed by atoms with Gasteiger partial charge in [-0.1, -0.05) is 23.2 Å². The van der Waals surface area contributed by atoms with Crippen LogP contribution in [0.3, 0.4) is 0 Å². The Balaban J connectivity index is 1.56. The standard InChI is InChI=1S/C24H21Cl2FN6O2S/c1-36(34)12-13-9-33(10-13)24-14(5-28)2-15(6-32-24)23(30)16-3-22(20(27)4-21(16)29)35-11-17-18(25)7-31-8-19(17)26/h2-4,6-8,13,30H,9-12,29H2,1H3. The van der Waals surface area contributed by atoms with Gasteiger partial charge in [0.2, 0.25) is 0 Å². The molecule has 3 aromatic rings. The molecule has 0 bridgehead atoms. The van der Waals surface area contributed by atoms with Crippen LogP contribution in [0.25, 0.3) is 0 Å². The summed E-state index contributed by atoms with van der Waals surface area (Å²) in [6.45, 7) is 1.20. The Morgan fingerprint density at radius 1 is 1.31 bits per heavy atom. The van der Waals surface area contributed by atoms with Crippen LogP contribution in [-0.4, -0.2) is 45.0 Å². The van der Waals surface area contributed by atoms with Gasteiger partial charge in [-0.25, -0.2) is 9.37 Å². The quantitative estimate of drug-likeness (QED) is 0.320. The molecular weight excluding hydrogens is 526 g/mol. The second-order valence-electron chi connectivity index (χ2n) is 8.33. The molecule has 12 heteroatoms. The van der Waals surface area contributed by atoms with E-state index in [1.54, 1.807) is 12.3 Å². The van der Waals surface area contributed by atoms with E-state index < -0.39 is 16.6 Å². The first-order valence-electron chi connectivity index (χ1n) is 10.7. The lowest BCUT2D eigenvalue weighted by Crippen LogP contribution is -2.49. The van der Waals surface area contributed by atoms with Crippen LogP contribution in [0.15, 0.2) is 36.8 Å². The van der Waals surface area contributed by atoms with Crippen LogP contribution in [0.1, 0.15) is 22.3 Å². The van der Waals surface area contributed by atoms with Gasteiger partial charge < -0.3 is 15.4 Å². The molecule has 1 saturated heterocycles. The monoisotopic (exact) mass is 546 g/mol. The van der Waals surface area contributed by atoms with E-state index in [9.17, 15) is 13.9 Å². The third kappa shape index (κ3) is 5.43. The molecule has 1 unspecified atom stereocenters. The number of ether oxygens (including phenoxy) is 1. The Morgan fingerprint density at radius 3 is 2.64 bits per heavy atom. The van der Waals surface area contributed by atoms with E-state index in [1.165, 1.54) is 24.7 Å². The highest BCUT2D eigenvalue weighted by molar-refractivity contribution is 7.84. The average molecular weight is 547 g/mol. The topological polar surface area (TPSA) is 129 Å². The second kappa shape index (κ2) is 10.8. The number of benzene rings is 1. The maximum atomic E-state index is 14.6. The van der Waals surface area contributed by atoms with Crippen molar-refractivity contribution in [2.75, 3.05) is 35.7 Å². The number of hydrogen-bond donors (Lipinski definition) is 2. The lowest BCUT2D eigenvalue weighted by atomic mass is 9.98. The van der Waals surface area contributed by atoms with Gasteiger partial charge in [0, 0.05) is 88.9 Å². The number of anilines is 2. The second-order valence-corrected chi connectivity index (χ2v) is 10.6. The van der Waals surface area contributed by atoms with Crippen LogP contribution >= 0.6 is 23.2 Å². The van der Waals surface area contributed by atoms with Crippen LogP contribution in [0, 0.1) is 28.5 Å². The highest BCUT2D eigenvalue weighted by Gasteiger charge is 2.30. The van der Waals surface area contributed by atoms with Crippen LogP contribution in [0.2, 0.25) is 10.0 Å². The molecule has 186 valence electrons. The number of pyridine rings is 2. The van der Waals surface area contributed by atoms with Gasteiger partial charge in [-0.15, -0.1) is 0 Å². The molecule has 0 amide bonds.